The van der Waals surface area contributed by atoms with E-state index in [1.165, 1.54) is 6.92 Å². The first-order chi connectivity index (χ1) is 6.97. The molecule has 1 rings (SSSR count). The number of rotatable bonds is 2. The Labute approximate surface area is 117 Å². The maximum absolute atomic E-state index is 10.2. The van der Waals surface area contributed by atoms with Crippen LogP contribution in [-0.4, -0.2) is 19.1 Å². The number of benzene rings is 1. The minimum absolute atomic E-state index is 0. The fourth-order valence-corrected chi connectivity index (χ4v) is 1.31. The average molecular weight is 248 g/mol. The van der Waals surface area contributed by atoms with Crippen molar-refractivity contribution in [2.45, 2.75) is 13.0 Å². The van der Waals surface area contributed by atoms with Gasteiger partial charge in [0.25, 0.3) is 0 Å². The van der Waals surface area contributed by atoms with Gasteiger partial charge in [0, 0.05) is 5.56 Å². The Balaban J connectivity index is 0.00000225. The molecule has 16 heavy (non-hydrogen) atoms. The smallest absolute Gasteiger partial charge is 0.725 e. The van der Waals surface area contributed by atoms with E-state index in [0.29, 0.717) is 0 Å². The van der Waals surface area contributed by atoms with Gasteiger partial charge in [0.05, 0.1) is 0 Å². The molecule has 1 aromatic rings. The van der Waals surface area contributed by atoms with Crippen molar-refractivity contribution >= 4 is 10.4 Å². The van der Waals surface area contributed by atoms with E-state index in [1.807, 2.05) is 6.07 Å². The van der Waals surface area contributed by atoms with Crippen molar-refractivity contribution < 1.29 is 46.7 Å². The molecule has 0 aliphatic carbocycles. The molecule has 0 heterocycles. The van der Waals surface area contributed by atoms with Crippen molar-refractivity contribution in [2.24, 2.45) is 0 Å². The maximum Gasteiger partial charge on any atom is 1.00 e. The van der Waals surface area contributed by atoms with E-state index in [0.717, 1.165) is 5.56 Å². The van der Waals surface area contributed by atoms with E-state index >= 15 is 0 Å². The standard InChI is InChI=1S/C10H10O4S.Na/c1-9(14-15(11,12)13)7-8-10-5-3-2-4-6-10;/h2-6,9H,1H3,(H,11,12,13);/q;+1/p-1/t9-;/m0./s1. The summed E-state index contributed by atoms with van der Waals surface area (Å²) in [5, 5.41) is 0. The second kappa shape index (κ2) is 7.07. The summed E-state index contributed by atoms with van der Waals surface area (Å²) in [6.07, 6.45) is -0.937. The van der Waals surface area contributed by atoms with Gasteiger partial charge in [-0.2, -0.15) is 0 Å². The van der Waals surface area contributed by atoms with Crippen LogP contribution in [0.25, 0.3) is 0 Å². The quantitative estimate of drug-likeness (QED) is 0.260. The Morgan fingerprint density at radius 3 is 2.38 bits per heavy atom. The first kappa shape index (κ1) is 15.7. The summed E-state index contributed by atoms with van der Waals surface area (Å²) in [4.78, 5) is 0. The SMILES string of the molecule is C[C@@H](C#Cc1ccccc1)OS(=O)(=O)[O-].[Na+]. The van der Waals surface area contributed by atoms with Crippen LogP contribution >= 0.6 is 0 Å². The Morgan fingerprint density at radius 2 is 1.88 bits per heavy atom. The molecule has 0 fully saturated rings. The fourth-order valence-electron chi connectivity index (χ4n) is 0.907. The molecular formula is C10H9NaO4S. The Morgan fingerprint density at radius 1 is 1.31 bits per heavy atom. The molecule has 0 amide bonds. The first-order valence-electron chi connectivity index (χ1n) is 4.18. The molecule has 0 saturated carbocycles. The third-order valence-corrected chi connectivity index (χ3v) is 1.98. The molecule has 0 aromatic heterocycles. The van der Waals surface area contributed by atoms with E-state index in [9.17, 15) is 13.0 Å². The van der Waals surface area contributed by atoms with Crippen molar-refractivity contribution in [1.29, 1.82) is 0 Å². The van der Waals surface area contributed by atoms with Crippen molar-refractivity contribution in [3.63, 3.8) is 0 Å². The maximum atomic E-state index is 10.2. The molecule has 4 nitrogen and oxygen atoms in total. The normalized spacial score (nSPS) is 11.9. The molecule has 1 aromatic carbocycles. The Hall–Kier alpha value is -0.350. The van der Waals surface area contributed by atoms with Gasteiger partial charge in [-0.15, -0.1) is 0 Å². The first-order valence-corrected chi connectivity index (χ1v) is 5.51. The van der Waals surface area contributed by atoms with Gasteiger partial charge in [0.15, 0.2) is 0 Å². The summed E-state index contributed by atoms with van der Waals surface area (Å²) in [6.45, 7) is 1.39. The van der Waals surface area contributed by atoms with E-state index in [-0.39, 0.29) is 29.6 Å². The predicted molar refractivity (Wildman–Crippen MR) is 53.6 cm³/mol. The van der Waals surface area contributed by atoms with Crippen molar-refractivity contribution in [3.8, 4) is 11.8 Å². The van der Waals surface area contributed by atoms with E-state index in [4.69, 9.17) is 0 Å². The molecule has 0 N–H and O–H groups in total. The van der Waals surface area contributed by atoms with Gasteiger partial charge < -0.3 is 4.55 Å². The van der Waals surface area contributed by atoms with Gasteiger partial charge in [0.2, 0.25) is 10.4 Å². The van der Waals surface area contributed by atoms with Crippen LogP contribution in [0.5, 0.6) is 0 Å². The van der Waals surface area contributed by atoms with Gasteiger partial charge in [-0.3, -0.25) is 4.18 Å². The van der Waals surface area contributed by atoms with Crippen LogP contribution in [0.1, 0.15) is 12.5 Å². The second-order valence-corrected chi connectivity index (χ2v) is 3.79. The zero-order valence-electron chi connectivity index (χ0n) is 9.01. The molecule has 0 radical (unpaired) electrons. The molecule has 80 valence electrons. The van der Waals surface area contributed by atoms with Crippen molar-refractivity contribution in [2.75, 3.05) is 0 Å². The van der Waals surface area contributed by atoms with Gasteiger partial charge in [-0.05, 0) is 19.1 Å². The summed E-state index contributed by atoms with van der Waals surface area (Å²) in [7, 11) is -4.68. The summed E-state index contributed by atoms with van der Waals surface area (Å²) in [5.74, 6) is 5.19. The molecule has 6 heteroatoms. The van der Waals surface area contributed by atoms with Gasteiger partial charge >= 0.3 is 29.6 Å². The van der Waals surface area contributed by atoms with Crippen LogP contribution in [0.4, 0.5) is 0 Å². The summed E-state index contributed by atoms with van der Waals surface area (Å²) in [6, 6.07) is 8.99. The molecule has 0 bridgehead atoms. The van der Waals surface area contributed by atoms with Crippen LogP contribution in [0.15, 0.2) is 30.3 Å². The Bertz CT molecular complexity index is 473. The third-order valence-electron chi connectivity index (χ3n) is 1.46. The molecular weight excluding hydrogens is 239 g/mol. The zero-order valence-corrected chi connectivity index (χ0v) is 11.8. The second-order valence-electron chi connectivity index (χ2n) is 2.78. The molecule has 1 atom stereocenters. The van der Waals surface area contributed by atoms with Crippen molar-refractivity contribution in [1.82, 2.24) is 0 Å². The molecule has 0 saturated heterocycles. The topological polar surface area (TPSA) is 66.4 Å². The Kier molecular flexibility index (Phi) is 6.91. The van der Waals surface area contributed by atoms with Gasteiger partial charge in [0.1, 0.15) is 6.10 Å². The molecule has 0 unspecified atom stereocenters. The largest absolute Gasteiger partial charge is 1.00 e. The van der Waals surface area contributed by atoms with E-state index in [2.05, 4.69) is 16.0 Å². The summed E-state index contributed by atoms with van der Waals surface area (Å²) >= 11 is 0. The third kappa shape index (κ3) is 7.01. The van der Waals surface area contributed by atoms with Gasteiger partial charge in [-0.25, -0.2) is 8.42 Å². The minimum Gasteiger partial charge on any atom is -0.725 e. The van der Waals surface area contributed by atoms with Crippen LogP contribution in [0, 0.1) is 11.8 Å². The average Bonchev–Trinajstić information content (AvgIpc) is 2.14. The molecule has 0 spiro atoms. The summed E-state index contributed by atoms with van der Waals surface area (Å²) in [5.41, 5.74) is 0.733. The van der Waals surface area contributed by atoms with Crippen LogP contribution < -0.4 is 29.6 Å². The minimum atomic E-state index is -4.68. The number of hydrogen-bond acceptors (Lipinski definition) is 4. The number of hydrogen-bond donors (Lipinski definition) is 0. The van der Waals surface area contributed by atoms with Crippen LogP contribution in [0.3, 0.4) is 0 Å². The van der Waals surface area contributed by atoms with Crippen LogP contribution in [0.2, 0.25) is 0 Å². The monoisotopic (exact) mass is 248 g/mol. The van der Waals surface area contributed by atoms with E-state index in [1.54, 1.807) is 24.3 Å². The van der Waals surface area contributed by atoms with E-state index < -0.39 is 16.5 Å². The zero-order chi connectivity index (χ0) is 11.3. The predicted octanol–water partition coefficient (Wildman–Crippen LogP) is -2.09. The molecule has 0 aliphatic rings. The van der Waals surface area contributed by atoms with Gasteiger partial charge in [-0.1, -0.05) is 30.0 Å². The van der Waals surface area contributed by atoms with Crippen LogP contribution in [-0.2, 0) is 14.6 Å². The fraction of sp³-hybridized carbons (Fsp3) is 0.200. The summed E-state index contributed by atoms with van der Waals surface area (Å²) < 4.78 is 34.7. The molecule has 0 aliphatic heterocycles. The van der Waals surface area contributed by atoms with Crippen molar-refractivity contribution in [3.05, 3.63) is 35.9 Å².